The third-order valence-corrected chi connectivity index (χ3v) is 11.3. The molecule has 0 fully saturated rings. The van der Waals surface area contributed by atoms with Gasteiger partial charge in [-0.1, -0.05) is 91.0 Å². The van der Waals surface area contributed by atoms with Crippen molar-refractivity contribution in [1.82, 2.24) is 4.98 Å². The Bertz CT molecular complexity index is 2790. The van der Waals surface area contributed by atoms with Gasteiger partial charge in [-0.05, 0) is 77.9 Å². The summed E-state index contributed by atoms with van der Waals surface area (Å²) in [6, 6.07) is 56.3. The summed E-state index contributed by atoms with van der Waals surface area (Å²) < 4.78 is 11.3. The molecular formula is C43H26N2OS2. The van der Waals surface area contributed by atoms with E-state index < -0.39 is 0 Å². The molecule has 0 unspecified atom stereocenters. The molecule has 7 aromatic carbocycles. The lowest BCUT2D eigenvalue weighted by molar-refractivity contribution is 0.620. The highest BCUT2D eigenvalue weighted by Gasteiger charge is 2.18. The molecule has 10 aromatic rings. The molecule has 226 valence electrons. The number of nitrogens with zero attached hydrogens (tertiary/aromatic N) is 2. The van der Waals surface area contributed by atoms with Crippen molar-refractivity contribution in [3.05, 3.63) is 158 Å². The van der Waals surface area contributed by atoms with Crippen LogP contribution in [-0.2, 0) is 0 Å². The van der Waals surface area contributed by atoms with Gasteiger partial charge in [-0.25, -0.2) is 4.98 Å². The van der Waals surface area contributed by atoms with Crippen LogP contribution in [0.15, 0.2) is 162 Å². The Morgan fingerprint density at radius 3 is 1.77 bits per heavy atom. The summed E-state index contributed by atoms with van der Waals surface area (Å²) >= 11 is 3.65. The van der Waals surface area contributed by atoms with Crippen LogP contribution in [0.5, 0.6) is 0 Å². The Morgan fingerprint density at radius 1 is 0.417 bits per heavy atom. The molecule has 0 saturated heterocycles. The molecule has 0 radical (unpaired) electrons. The fourth-order valence-electron chi connectivity index (χ4n) is 6.79. The van der Waals surface area contributed by atoms with Crippen LogP contribution in [0, 0.1) is 0 Å². The van der Waals surface area contributed by atoms with Crippen LogP contribution in [0.2, 0.25) is 0 Å². The first-order valence-corrected chi connectivity index (χ1v) is 17.6. The van der Waals surface area contributed by atoms with Crippen molar-refractivity contribution in [3.63, 3.8) is 0 Å². The van der Waals surface area contributed by atoms with Crippen LogP contribution in [-0.4, -0.2) is 4.98 Å². The van der Waals surface area contributed by atoms with Gasteiger partial charge in [0.2, 0.25) is 5.89 Å². The number of aromatic nitrogens is 1. The number of benzene rings is 7. The maximum Gasteiger partial charge on any atom is 0.227 e. The summed E-state index contributed by atoms with van der Waals surface area (Å²) in [5, 5.41) is 5.01. The van der Waals surface area contributed by atoms with E-state index in [9.17, 15) is 0 Å². The van der Waals surface area contributed by atoms with Crippen molar-refractivity contribution in [1.29, 1.82) is 0 Å². The lowest BCUT2D eigenvalue weighted by Gasteiger charge is -2.26. The van der Waals surface area contributed by atoms with E-state index in [2.05, 4.69) is 132 Å². The van der Waals surface area contributed by atoms with Gasteiger partial charge >= 0.3 is 0 Å². The lowest BCUT2D eigenvalue weighted by atomic mass is 10.0. The highest BCUT2D eigenvalue weighted by molar-refractivity contribution is 7.26. The van der Waals surface area contributed by atoms with Gasteiger partial charge in [0.1, 0.15) is 5.52 Å². The van der Waals surface area contributed by atoms with Crippen molar-refractivity contribution >= 4 is 91.2 Å². The Labute approximate surface area is 284 Å². The van der Waals surface area contributed by atoms with Crippen LogP contribution < -0.4 is 4.90 Å². The first-order valence-electron chi connectivity index (χ1n) is 15.9. The number of fused-ring (bicyclic) bond motifs is 7. The number of oxazole rings is 1. The van der Waals surface area contributed by atoms with Crippen molar-refractivity contribution in [2.45, 2.75) is 0 Å². The molecule has 3 heterocycles. The molecule has 3 aromatic heterocycles. The standard InChI is InChI=1S/C43H26N2OS2/c1-3-10-27(11-4-1)29-14-9-15-30(22-29)45(31-18-20-34-33-16-7-8-17-39(33)47-40(34)23-31)32-19-21-35-36-25-38-37(26-42(36)48-41(35)24-32)44-43(46-38)28-12-5-2-6-13-28/h1-26H. The molecular weight excluding hydrogens is 625 g/mol. The normalized spacial score (nSPS) is 11.8. The highest BCUT2D eigenvalue weighted by Crippen LogP contribution is 2.44. The predicted molar refractivity (Wildman–Crippen MR) is 205 cm³/mol. The first kappa shape index (κ1) is 27.4. The monoisotopic (exact) mass is 650 g/mol. The summed E-state index contributed by atoms with van der Waals surface area (Å²) in [6.07, 6.45) is 0. The topological polar surface area (TPSA) is 29.3 Å². The van der Waals surface area contributed by atoms with E-state index in [1.165, 1.54) is 51.5 Å². The van der Waals surface area contributed by atoms with Gasteiger partial charge in [-0.3, -0.25) is 0 Å². The number of rotatable bonds is 5. The summed E-state index contributed by atoms with van der Waals surface area (Å²) in [5.41, 5.74) is 8.43. The molecule has 5 heteroatoms. The number of hydrogen-bond donors (Lipinski definition) is 0. The van der Waals surface area contributed by atoms with Crippen LogP contribution in [0.1, 0.15) is 0 Å². The van der Waals surface area contributed by atoms with Crippen molar-refractivity contribution < 1.29 is 4.42 Å². The van der Waals surface area contributed by atoms with Gasteiger partial charge in [0.25, 0.3) is 0 Å². The third-order valence-electron chi connectivity index (χ3n) is 9.08. The van der Waals surface area contributed by atoms with Gasteiger partial charge in [-0.15, -0.1) is 22.7 Å². The minimum absolute atomic E-state index is 0.652. The average molecular weight is 651 g/mol. The largest absolute Gasteiger partial charge is 0.436 e. The predicted octanol–water partition coefficient (Wildman–Crippen LogP) is 13.4. The number of thiophene rings is 2. The van der Waals surface area contributed by atoms with E-state index in [1.807, 2.05) is 41.7 Å². The lowest BCUT2D eigenvalue weighted by Crippen LogP contribution is -2.09. The first-order chi connectivity index (χ1) is 23.7. The van der Waals surface area contributed by atoms with Crippen LogP contribution >= 0.6 is 22.7 Å². The van der Waals surface area contributed by atoms with Crippen molar-refractivity contribution in [2.24, 2.45) is 0 Å². The second-order valence-corrected chi connectivity index (χ2v) is 14.2. The fraction of sp³-hybridized carbons (Fsp3) is 0. The van der Waals surface area contributed by atoms with Gasteiger partial charge < -0.3 is 9.32 Å². The van der Waals surface area contributed by atoms with E-state index in [0.29, 0.717) is 5.89 Å². The molecule has 0 N–H and O–H groups in total. The van der Waals surface area contributed by atoms with Crippen molar-refractivity contribution in [2.75, 3.05) is 4.90 Å². The molecule has 10 rings (SSSR count). The van der Waals surface area contributed by atoms with Gasteiger partial charge in [0.05, 0.1) is 0 Å². The smallest absolute Gasteiger partial charge is 0.227 e. The quantitative estimate of drug-likeness (QED) is 0.186. The average Bonchev–Trinajstić information content (AvgIpc) is 3.84. The Hall–Kier alpha value is -5.75. The van der Waals surface area contributed by atoms with E-state index in [0.717, 1.165) is 33.7 Å². The number of anilines is 3. The molecule has 0 saturated carbocycles. The van der Waals surface area contributed by atoms with Gasteiger partial charge in [-0.2, -0.15) is 0 Å². The highest BCUT2D eigenvalue weighted by atomic mass is 32.1. The molecule has 0 bridgehead atoms. The zero-order valence-electron chi connectivity index (χ0n) is 25.6. The zero-order valence-corrected chi connectivity index (χ0v) is 27.3. The zero-order chi connectivity index (χ0) is 31.6. The second kappa shape index (κ2) is 10.9. The minimum atomic E-state index is 0.652. The molecule has 0 amide bonds. The molecule has 0 aliphatic carbocycles. The van der Waals surface area contributed by atoms with Crippen LogP contribution in [0.4, 0.5) is 17.1 Å². The number of hydrogen-bond acceptors (Lipinski definition) is 5. The Kier molecular flexibility index (Phi) is 6.22. The van der Waals surface area contributed by atoms with E-state index in [4.69, 9.17) is 9.40 Å². The fourth-order valence-corrected chi connectivity index (χ4v) is 9.08. The Morgan fingerprint density at radius 2 is 1.00 bits per heavy atom. The second-order valence-electron chi connectivity index (χ2n) is 12.0. The summed E-state index contributed by atoms with van der Waals surface area (Å²) in [5.74, 6) is 0.652. The summed E-state index contributed by atoms with van der Waals surface area (Å²) in [4.78, 5) is 7.22. The molecule has 0 aliphatic rings. The third kappa shape index (κ3) is 4.51. The molecule has 0 aliphatic heterocycles. The molecule has 48 heavy (non-hydrogen) atoms. The summed E-state index contributed by atoms with van der Waals surface area (Å²) in [7, 11) is 0. The van der Waals surface area contributed by atoms with Crippen LogP contribution in [0.3, 0.4) is 0 Å². The maximum absolute atomic E-state index is 6.25. The Balaban J connectivity index is 1.13. The van der Waals surface area contributed by atoms with E-state index in [-0.39, 0.29) is 0 Å². The molecule has 0 spiro atoms. The minimum Gasteiger partial charge on any atom is -0.436 e. The van der Waals surface area contributed by atoms with E-state index in [1.54, 1.807) is 11.3 Å². The summed E-state index contributed by atoms with van der Waals surface area (Å²) in [6.45, 7) is 0. The van der Waals surface area contributed by atoms with Crippen molar-refractivity contribution in [3.8, 4) is 22.6 Å². The maximum atomic E-state index is 6.25. The van der Waals surface area contributed by atoms with Gasteiger partial charge in [0, 0.05) is 63.0 Å². The SMILES string of the molecule is c1ccc(-c2cccc(N(c3ccc4c(c3)sc3ccccc34)c3ccc4c(c3)sc3cc5nc(-c6ccccc6)oc5cc34)c2)cc1. The van der Waals surface area contributed by atoms with Gasteiger partial charge in [0.15, 0.2) is 5.58 Å². The van der Waals surface area contributed by atoms with Crippen LogP contribution in [0.25, 0.3) is 74.0 Å². The molecule has 0 atom stereocenters. The van der Waals surface area contributed by atoms with E-state index >= 15 is 0 Å². The molecule has 3 nitrogen and oxygen atoms in total.